The minimum absolute atomic E-state index is 0.138. The molecule has 4 heteroatoms. The molecule has 0 bridgehead atoms. The third kappa shape index (κ3) is 2.74. The molecule has 1 N–H and O–H groups in total. The van der Waals surface area contributed by atoms with Crippen LogP contribution < -0.4 is 5.63 Å². The first-order chi connectivity index (χ1) is 10.6. The van der Waals surface area contributed by atoms with Crippen LogP contribution in [0.2, 0.25) is 0 Å². The zero-order chi connectivity index (χ0) is 15.7. The molecule has 3 aromatic rings. The van der Waals surface area contributed by atoms with Gasteiger partial charge in [0, 0.05) is 27.7 Å². The Morgan fingerprint density at radius 1 is 1.14 bits per heavy atom. The maximum absolute atomic E-state index is 11.8. The van der Waals surface area contributed by atoms with Crippen molar-refractivity contribution in [3.63, 3.8) is 0 Å². The van der Waals surface area contributed by atoms with E-state index in [2.05, 4.69) is 19.1 Å². The van der Waals surface area contributed by atoms with Gasteiger partial charge < -0.3 is 9.52 Å². The van der Waals surface area contributed by atoms with Gasteiger partial charge in [0.2, 0.25) is 0 Å². The Morgan fingerprint density at radius 3 is 2.68 bits per heavy atom. The molecule has 0 atom stereocenters. The first kappa shape index (κ1) is 14.7. The summed E-state index contributed by atoms with van der Waals surface area (Å²) in [5, 5.41) is 10.6. The highest BCUT2D eigenvalue weighted by Gasteiger charge is 2.11. The van der Waals surface area contributed by atoms with Crippen LogP contribution in [0.25, 0.3) is 11.0 Å². The minimum Gasteiger partial charge on any atom is -0.508 e. The SMILES string of the molecule is Cc1ccccc1SCc1cc(=O)oc2c(C)c(O)ccc12. The van der Waals surface area contributed by atoms with Crippen molar-refractivity contribution in [1.29, 1.82) is 0 Å². The third-order valence-corrected chi connectivity index (χ3v) is 4.92. The second-order valence-corrected chi connectivity index (χ2v) is 6.25. The molecule has 1 aromatic heterocycles. The summed E-state index contributed by atoms with van der Waals surface area (Å²) in [4.78, 5) is 13.0. The molecule has 22 heavy (non-hydrogen) atoms. The highest BCUT2D eigenvalue weighted by atomic mass is 32.2. The zero-order valence-corrected chi connectivity index (χ0v) is 13.2. The molecule has 3 rings (SSSR count). The van der Waals surface area contributed by atoms with E-state index in [0.717, 1.165) is 10.9 Å². The molecule has 0 saturated heterocycles. The number of fused-ring (bicyclic) bond motifs is 1. The highest BCUT2D eigenvalue weighted by molar-refractivity contribution is 7.98. The van der Waals surface area contributed by atoms with Crippen LogP contribution in [-0.4, -0.2) is 5.11 Å². The maximum Gasteiger partial charge on any atom is 0.336 e. The molecular weight excluding hydrogens is 296 g/mol. The van der Waals surface area contributed by atoms with E-state index < -0.39 is 0 Å². The smallest absolute Gasteiger partial charge is 0.336 e. The van der Waals surface area contributed by atoms with Crippen LogP contribution in [0.5, 0.6) is 5.75 Å². The summed E-state index contributed by atoms with van der Waals surface area (Å²) in [7, 11) is 0. The molecule has 0 fully saturated rings. The van der Waals surface area contributed by atoms with Crippen LogP contribution in [0, 0.1) is 13.8 Å². The Hall–Kier alpha value is -2.20. The van der Waals surface area contributed by atoms with Gasteiger partial charge in [-0.15, -0.1) is 11.8 Å². The molecule has 0 spiro atoms. The van der Waals surface area contributed by atoms with E-state index in [1.54, 1.807) is 30.8 Å². The predicted molar refractivity (Wildman–Crippen MR) is 89.6 cm³/mol. The van der Waals surface area contributed by atoms with Crippen LogP contribution in [0.1, 0.15) is 16.7 Å². The van der Waals surface area contributed by atoms with Gasteiger partial charge in [-0.1, -0.05) is 18.2 Å². The number of phenolic OH excluding ortho intramolecular Hbond substituents is 1. The predicted octanol–water partition coefficient (Wildman–Crippen LogP) is 4.41. The monoisotopic (exact) mass is 312 g/mol. The van der Waals surface area contributed by atoms with E-state index in [9.17, 15) is 9.90 Å². The average Bonchev–Trinajstić information content (AvgIpc) is 2.50. The summed E-state index contributed by atoms with van der Waals surface area (Å²) in [5.74, 6) is 0.816. The molecule has 0 radical (unpaired) electrons. The van der Waals surface area contributed by atoms with Gasteiger partial charge in [-0.2, -0.15) is 0 Å². The van der Waals surface area contributed by atoms with Gasteiger partial charge in [0.25, 0.3) is 0 Å². The lowest BCUT2D eigenvalue weighted by Crippen LogP contribution is -2.01. The van der Waals surface area contributed by atoms with Crippen LogP contribution >= 0.6 is 11.8 Å². The van der Waals surface area contributed by atoms with Crippen LogP contribution in [0.15, 0.2) is 56.6 Å². The second kappa shape index (κ2) is 5.89. The average molecular weight is 312 g/mol. The van der Waals surface area contributed by atoms with Crippen molar-refractivity contribution >= 4 is 22.7 Å². The Bertz CT molecular complexity index is 896. The second-order valence-electron chi connectivity index (χ2n) is 5.23. The molecule has 0 saturated carbocycles. The maximum atomic E-state index is 11.8. The van der Waals surface area contributed by atoms with Gasteiger partial charge in [0.15, 0.2) is 0 Å². The molecule has 2 aromatic carbocycles. The van der Waals surface area contributed by atoms with Crippen molar-refractivity contribution in [1.82, 2.24) is 0 Å². The molecular formula is C18H16O3S. The minimum atomic E-state index is -0.387. The normalized spacial score (nSPS) is 11.0. The lowest BCUT2D eigenvalue weighted by Gasteiger charge is -2.09. The molecule has 0 aliphatic rings. The van der Waals surface area contributed by atoms with Gasteiger partial charge in [-0.25, -0.2) is 4.79 Å². The number of benzene rings is 2. The standard InChI is InChI=1S/C18H16O3S/c1-11-5-3-4-6-16(11)22-10-13-9-17(20)21-18-12(2)15(19)8-7-14(13)18/h3-9,19H,10H2,1-2H3. The number of aryl methyl sites for hydroxylation is 2. The Morgan fingerprint density at radius 2 is 1.91 bits per heavy atom. The van der Waals surface area contributed by atoms with E-state index in [1.165, 1.54) is 16.5 Å². The lowest BCUT2D eigenvalue weighted by atomic mass is 10.1. The van der Waals surface area contributed by atoms with Crippen molar-refractivity contribution in [2.24, 2.45) is 0 Å². The van der Waals surface area contributed by atoms with Crippen molar-refractivity contribution in [2.75, 3.05) is 0 Å². The summed E-state index contributed by atoms with van der Waals surface area (Å²) in [5.41, 5.74) is 2.81. The van der Waals surface area contributed by atoms with Gasteiger partial charge in [-0.05, 0) is 43.2 Å². The number of thioether (sulfide) groups is 1. The zero-order valence-electron chi connectivity index (χ0n) is 12.4. The van der Waals surface area contributed by atoms with Gasteiger partial charge in [0.1, 0.15) is 11.3 Å². The first-order valence-corrected chi connectivity index (χ1v) is 7.98. The number of aromatic hydroxyl groups is 1. The summed E-state index contributed by atoms with van der Waals surface area (Å²) in [6.45, 7) is 3.82. The summed E-state index contributed by atoms with van der Waals surface area (Å²) in [6.07, 6.45) is 0. The van der Waals surface area contributed by atoms with Gasteiger partial charge >= 0.3 is 5.63 Å². The Labute approximate surface area is 132 Å². The highest BCUT2D eigenvalue weighted by Crippen LogP contribution is 2.31. The molecule has 112 valence electrons. The molecule has 3 nitrogen and oxygen atoms in total. The van der Waals surface area contributed by atoms with Gasteiger partial charge in [0.05, 0.1) is 0 Å². The molecule has 0 aliphatic carbocycles. The fourth-order valence-corrected chi connectivity index (χ4v) is 3.43. The fraction of sp³-hybridized carbons (Fsp3) is 0.167. The molecule has 0 aliphatic heterocycles. The van der Waals surface area contributed by atoms with E-state index in [-0.39, 0.29) is 11.4 Å². The van der Waals surface area contributed by atoms with Crippen molar-refractivity contribution < 1.29 is 9.52 Å². The summed E-state index contributed by atoms with van der Waals surface area (Å²) >= 11 is 1.69. The number of hydrogen-bond acceptors (Lipinski definition) is 4. The topological polar surface area (TPSA) is 50.4 Å². The van der Waals surface area contributed by atoms with Crippen LogP contribution in [0.4, 0.5) is 0 Å². The summed E-state index contributed by atoms with van der Waals surface area (Å²) < 4.78 is 5.26. The molecule has 0 amide bonds. The Balaban J connectivity index is 2.02. The van der Waals surface area contributed by atoms with Crippen molar-refractivity contribution in [3.8, 4) is 5.75 Å². The number of phenols is 1. The van der Waals surface area contributed by atoms with E-state index in [1.807, 2.05) is 12.1 Å². The number of rotatable bonds is 3. The van der Waals surface area contributed by atoms with Crippen LogP contribution in [-0.2, 0) is 5.75 Å². The van der Waals surface area contributed by atoms with Crippen LogP contribution in [0.3, 0.4) is 0 Å². The fourth-order valence-electron chi connectivity index (χ4n) is 2.41. The molecule has 0 unspecified atom stereocenters. The number of hydrogen-bond donors (Lipinski definition) is 1. The van der Waals surface area contributed by atoms with Gasteiger partial charge in [-0.3, -0.25) is 0 Å². The van der Waals surface area contributed by atoms with E-state index in [4.69, 9.17) is 4.42 Å². The third-order valence-electron chi connectivity index (χ3n) is 3.69. The molecule has 1 heterocycles. The lowest BCUT2D eigenvalue weighted by molar-refractivity contribution is 0.468. The summed E-state index contributed by atoms with van der Waals surface area (Å²) in [6, 6.07) is 13.1. The first-order valence-electron chi connectivity index (χ1n) is 7.00. The van der Waals surface area contributed by atoms with Crippen molar-refractivity contribution in [3.05, 3.63) is 69.6 Å². The quantitative estimate of drug-likeness (QED) is 0.575. The Kier molecular flexibility index (Phi) is 3.94. The largest absolute Gasteiger partial charge is 0.508 e. The van der Waals surface area contributed by atoms with Crippen molar-refractivity contribution in [2.45, 2.75) is 24.5 Å². The van der Waals surface area contributed by atoms with E-state index >= 15 is 0 Å². The van der Waals surface area contributed by atoms with E-state index in [0.29, 0.717) is 16.9 Å².